The maximum absolute atomic E-state index is 5.61. The summed E-state index contributed by atoms with van der Waals surface area (Å²) in [6, 6.07) is 7.16. The molecule has 0 fully saturated rings. The molecule has 1 aromatic rings. The van der Waals surface area contributed by atoms with Crippen LogP contribution in [0.1, 0.15) is 58.2 Å². The lowest BCUT2D eigenvalue weighted by atomic mass is 9.85. The summed E-state index contributed by atoms with van der Waals surface area (Å²) in [6.07, 6.45) is 2.18. The zero-order valence-electron chi connectivity index (χ0n) is 14.3. The number of fused-ring (bicyclic) bond motifs is 1. The van der Waals surface area contributed by atoms with Crippen LogP contribution in [-0.4, -0.2) is 13.2 Å². The first-order chi connectivity index (χ1) is 10.0. The molecule has 1 unspecified atom stereocenters. The first kappa shape index (κ1) is 16.4. The van der Waals surface area contributed by atoms with Crippen molar-refractivity contribution < 1.29 is 4.74 Å². The van der Waals surface area contributed by atoms with Crippen LogP contribution in [0.3, 0.4) is 0 Å². The van der Waals surface area contributed by atoms with Gasteiger partial charge >= 0.3 is 0 Å². The molecule has 21 heavy (non-hydrogen) atoms. The Hall–Kier alpha value is -1.02. The fourth-order valence-electron chi connectivity index (χ4n) is 3.44. The molecular weight excluding hydrogens is 258 g/mol. The minimum absolute atomic E-state index is 0.455. The third kappa shape index (κ3) is 4.00. The third-order valence-corrected chi connectivity index (χ3v) is 4.84. The van der Waals surface area contributed by atoms with Crippen molar-refractivity contribution in [2.45, 2.75) is 53.5 Å². The van der Waals surface area contributed by atoms with E-state index in [0.717, 1.165) is 49.5 Å². The molecule has 0 aromatic heterocycles. The average molecular weight is 289 g/mol. The smallest absolute Gasteiger partial charge is 0.122 e. The lowest BCUT2D eigenvalue weighted by Crippen LogP contribution is -2.32. The van der Waals surface area contributed by atoms with Crippen molar-refractivity contribution in [3.05, 3.63) is 29.3 Å². The standard InChI is InChI=1S/C19H31NO/c1-6-18(20-12-17(13(2)3)14(4)5)15-7-8-19-16(11-15)9-10-21-19/h7-8,11,13-14,17-18,20H,6,9-10,12H2,1-5H3. The van der Waals surface area contributed by atoms with Crippen LogP contribution in [0.15, 0.2) is 18.2 Å². The lowest BCUT2D eigenvalue weighted by Gasteiger charge is -2.28. The Bertz CT molecular complexity index is 445. The molecule has 0 bridgehead atoms. The van der Waals surface area contributed by atoms with E-state index in [0.29, 0.717) is 6.04 Å². The van der Waals surface area contributed by atoms with E-state index in [-0.39, 0.29) is 0 Å². The van der Waals surface area contributed by atoms with Gasteiger partial charge in [-0.05, 0) is 47.9 Å². The summed E-state index contributed by atoms with van der Waals surface area (Å²) in [5.74, 6) is 3.26. The van der Waals surface area contributed by atoms with Crippen molar-refractivity contribution in [3.8, 4) is 5.75 Å². The summed E-state index contributed by atoms with van der Waals surface area (Å²) in [5.41, 5.74) is 2.78. The summed E-state index contributed by atoms with van der Waals surface area (Å²) >= 11 is 0. The molecular formula is C19H31NO. The number of benzene rings is 1. The van der Waals surface area contributed by atoms with Crippen LogP contribution >= 0.6 is 0 Å². The van der Waals surface area contributed by atoms with Crippen molar-refractivity contribution in [1.29, 1.82) is 0 Å². The Labute approximate surface area is 130 Å². The molecule has 2 rings (SSSR count). The number of hydrogen-bond donors (Lipinski definition) is 1. The highest BCUT2D eigenvalue weighted by molar-refractivity contribution is 5.40. The van der Waals surface area contributed by atoms with Crippen molar-refractivity contribution in [3.63, 3.8) is 0 Å². The van der Waals surface area contributed by atoms with Crippen LogP contribution in [0.4, 0.5) is 0 Å². The van der Waals surface area contributed by atoms with Gasteiger partial charge in [0, 0.05) is 12.5 Å². The van der Waals surface area contributed by atoms with E-state index >= 15 is 0 Å². The summed E-state index contributed by atoms with van der Waals surface area (Å²) < 4.78 is 5.61. The third-order valence-electron chi connectivity index (χ3n) is 4.84. The molecule has 1 aliphatic heterocycles. The van der Waals surface area contributed by atoms with Gasteiger partial charge in [0.25, 0.3) is 0 Å². The zero-order valence-corrected chi connectivity index (χ0v) is 14.3. The highest BCUT2D eigenvalue weighted by Crippen LogP contribution is 2.29. The minimum Gasteiger partial charge on any atom is -0.493 e. The Morgan fingerprint density at radius 1 is 1.14 bits per heavy atom. The fraction of sp³-hybridized carbons (Fsp3) is 0.684. The van der Waals surface area contributed by atoms with Gasteiger partial charge in [0.15, 0.2) is 0 Å². The number of hydrogen-bond acceptors (Lipinski definition) is 2. The molecule has 1 N–H and O–H groups in total. The van der Waals surface area contributed by atoms with Gasteiger partial charge in [-0.25, -0.2) is 0 Å². The van der Waals surface area contributed by atoms with E-state index in [2.05, 4.69) is 58.1 Å². The summed E-state index contributed by atoms with van der Waals surface area (Å²) in [5, 5.41) is 3.80. The second kappa shape index (κ2) is 7.31. The molecule has 2 nitrogen and oxygen atoms in total. The summed E-state index contributed by atoms with van der Waals surface area (Å²) in [6.45, 7) is 13.5. The molecule has 0 saturated heterocycles. The van der Waals surface area contributed by atoms with Crippen molar-refractivity contribution in [2.75, 3.05) is 13.2 Å². The van der Waals surface area contributed by atoms with E-state index in [1.165, 1.54) is 11.1 Å². The van der Waals surface area contributed by atoms with Crippen LogP contribution in [0.2, 0.25) is 0 Å². The normalized spacial score (nSPS) is 15.6. The van der Waals surface area contributed by atoms with E-state index in [1.807, 2.05) is 0 Å². The molecule has 1 aromatic carbocycles. The zero-order chi connectivity index (χ0) is 15.4. The average Bonchev–Trinajstić information content (AvgIpc) is 2.90. The molecule has 1 atom stereocenters. The predicted molar refractivity (Wildman–Crippen MR) is 89.8 cm³/mol. The van der Waals surface area contributed by atoms with Crippen molar-refractivity contribution in [2.24, 2.45) is 17.8 Å². The highest BCUT2D eigenvalue weighted by atomic mass is 16.5. The summed E-state index contributed by atoms with van der Waals surface area (Å²) in [7, 11) is 0. The van der Waals surface area contributed by atoms with Crippen LogP contribution in [0, 0.1) is 17.8 Å². The first-order valence-corrected chi connectivity index (χ1v) is 8.51. The molecule has 0 amide bonds. The van der Waals surface area contributed by atoms with E-state index < -0.39 is 0 Å². The lowest BCUT2D eigenvalue weighted by molar-refractivity contribution is 0.264. The van der Waals surface area contributed by atoms with Gasteiger partial charge < -0.3 is 10.1 Å². The minimum atomic E-state index is 0.455. The van der Waals surface area contributed by atoms with Gasteiger partial charge in [-0.1, -0.05) is 46.8 Å². The van der Waals surface area contributed by atoms with Gasteiger partial charge in [0.05, 0.1) is 6.61 Å². The molecule has 1 heterocycles. The molecule has 0 radical (unpaired) electrons. The van der Waals surface area contributed by atoms with Crippen LogP contribution in [-0.2, 0) is 6.42 Å². The second-order valence-electron chi connectivity index (χ2n) is 6.99. The van der Waals surface area contributed by atoms with E-state index in [4.69, 9.17) is 4.74 Å². The van der Waals surface area contributed by atoms with Crippen molar-refractivity contribution >= 4 is 0 Å². The molecule has 0 spiro atoms. The van der Waals surface area contributed by atoms with Crippen LogP contribution in [0.5, 0.6) is 5.75 Å². The van der Waals surface area contributed by atoms with Crippen LogP contribution in [0.25, 0.3) is 0 Å². The van der Waals surface area contributed by atoms with Gasteiger partial charge in [-0.2, -0.15) is 0 Å². The van der Waals surface area contributed by atoms with Crippen LogP contribution < -0.4 is 10.1 Å². The molecule has 118 valence electrons. The summed E-state index contributed by atoms with van der Waals surface area (Å²) in [4.78, 5) is 0. The largest absolute Gasteiger partial charge is 0.493 e. The first-order valence-electron chi connectivity index (χ1n) is 8.51. The second-order valence-corrected chi connectivity index (χ2v) is 6.99. The molecule has 0 aliphatic carbocycles. The fourth-order valence-corrected chi connectivity index (χ4v) is 3.44. The quantitative estimate of drug-likeness (QED) is 0.792. The highest BCUT2D eigenvalue weighted by Gasteiger charge is 2.20. The maximum Gasteiger partial charge on any atom is 0.122 e. The van der Waals surface area contributed by atoms with Gasteiger partial charge in [-0.3, -0.25) is 0 Å². The predicted octanol–water partition coefficient (Wildman–Crippen LogP) is 4.59. The monoisotopic (exact) mass is 289 g/mol. The number of nitrogens with one attached hydrogen (secondary N) is 1. The number of rotatable bonds is 7. The molecule has 0 saturated carbocycles. The van der Waals surface area contributed by atoms with Gasteiger partial charge in [0.2, 0.25) is 0 Å². The number of ether oxygens (including phenoxy) is 1. The SMILES string of the molecule is CCC(NCC(C(C)C)C(C)C)c1ccc2c(c1)CCO2. The molecule has 1 aliphatic rings. The Morgan fingerprint density at radius 3 is 2.48 bits per heavy atom. The Balaban J connectivity index is 2.03. The Morgan fingerprint density at radius 2 is 1.86 bits per heavy atom. The Kier molecular flexibility index (Phi) is 5.69. The maximum atomic E-state index is 5.61. The van der Waals surface area contributed by atoms with Gasteiger partial charge in [0.1, 0.15) is 5.75 Å². The van der Waals surface area contributed by atoms with E-state index in [9.17, 15) is 0 Å². The van der Waals surface area contributed by atoms with Gasteiger partial charge in [-0.15, -0.1) is 0 Å². The topological polar surface area (TPSA) is 21.3 Å². The molecule has 2 heteroatoms. The van der Waals surface area contributed by atoms with Crippen molar-refractivity contribution in [1.82, 2.24) is 5.32 Å². The van der Waals surface area contributed by atoms with E-state index in [1.54, 1.807) is 0 Å².